The zero-order valence-corrected chi connectivity index (χ0v) is 18.3. The van der Waals surface area contributed by atoms with Gasteiger partial charge in [0.1, 0.15) is 11.5 Å². The second-order valence-corrected chi connectivity index (χ2v) is 7.69. The largest absolute Gasteiger partial charge is 0.497 e. The molecule has 0 atom stereocenters. The van der Waals surface area contributed by atoms with Crippen LogP contribution in [0.2, 0.25) is 0 Å². The van der Waals surface area contributed by atoms with Crippen molar-refractivity contribution in [1.29, 1.82) is 0 Å². The lowest BCUT2D eigenvalue weighted by atomic mass is 9.82. The van der Waals surface area contributed by atoms with Gasteiger partial charge in [0.2, 0.25) is 0 Å². The Kier molecular flexibility index (Phi) is 6.12. The summed E-state index contributed by atoms with van der Waals surface area (Å²) in [4.78, 5) is 20.3. The maximum atomic E-state index is 13.9. The lowest BCUT2D eigenvalue weighted by Crippen LogP contribution is -2.44. The number of hydrogen-bond donors (Lipinski definition) is 1. The van der Waals surface area contributed by atoms with Crippen LogP contribution in [-0.2, 0) is 16.8 Å². The van der Waals surface area contributed by atoms with E-state index < -0.39 is 5.54 Å². The van der Waals surface area contributed by atoms with Crippen molar-refractivity contribution >= 4 is 11.9 Å². The maximum Gasteiger partial charge on any atom is 0.266 e. The summed E-state index contributed by atoms with van der Waals surface area (Å²) in [7, 11) is 3.20. The lowest BCUT2D eigenvalue weighted by molar-refractivity contribution is -0.130. The molecule has 6 heteroatoms. The Morgan fingerprint density at radius 1 is 0.875 bits per heavy atom. The van der Waals surface area contributed by atoms with Crippen molar-refractivity contribution in [2.24, 2.45) is 10.7 Å². The predicted molar refractivity (Wildman–Crippen MR) is 125 cm³/mol. The van der Waals surface area contributed by atoms with Gasteiger partial charge in [-0.15, -0.1) is 0 Å². The van der Waals surface area contributed by atoms with Crippen molar-refractivity contribution in [2.75, 3.05) is 20.8 Å². The summed E-state index contributed by atoms with van der Waals surface area (Å²) in [5.41, 5.74) is 7.66. The number of amides is 1. The summed E-state index contributed by atoms with van der Waals surface area (Å²) < 4.78 is 10.8. The molecular weight excluding hydrogens is 402 g/mol. The average Bonchev–Trinajstić information content (AvgIpc) is 3.10. The third-order valence-corrected chi connectivity index (χ3v) is 5.78. The van der Waals surface area contributed by atoms with E-state index in [9.17, 15) is 4.79 Å². The fourth-order valence-electron chi connectivity index (χ4n) is 4.12. The van der Waals surface area contributed by atoms with Crippen molar-refractivity contribution in [2.45, 2.75) is 18.4 Å². The zero-order valence-electron chi connectivity index (χ0n) is 18.3. The number of aryl methyl sites for hydroxylation is 1. The minimum atomic E-state index is -1.29. The molecule has 0 radical (unpaired) electrons. The molecule has 0 saturated carbocycles. The van der Waals surface area contributed by atoms with Crippen LogP contribution in [0, 0.1) is 0 Å². The highest BCUT2D eigenvalue weighted by Crippen LogP contribution is 2.41. The van der Waals surface area contributed by atoms with E-state index in [4.69, 9.17) is 20.2 Å². The molecule has 0 aliphatic carbocycles. The van der Waals surface area contributed by atoms with E-state index >= 15 is 0 Å². The molecule has 32 heavy (non-hydrogen) atoms. The number of carbonyl (C=O) groups is 1. The van der Waals surface area contributed by atoms with Crippen molar-refractivity contribution < 1.29 is 14.3 Å². The first kappa shape index (κ1) is 21.4. The Bertz CT molecular complexity index is 1080. The van der Waals surface area contributed by atoms with Crippen LogP contribution in [0.4, 0.5) is 0 Å². The highest BCUT2D eigenvalue weighted by atomic mass is 16.5. The molecule has 3 aromatic rings. The molecule has 0 spiro atoms. The van der Waals surface area contributed by atoms with Crippen molar-refractivity contribution in [3.05, 3.63) is 95.6 Å². The number of ether oxygens (including phenoxy) is 2. The highest BCUT2D eigenvalue weighted by molar-refractivity contribution is 6.09. The molecule has 0 bridgehead atoms. The number of nitrogens with zero attached hydrogens (tertiary/aromatic N) is 2. The van der Waals surface area contributed by atoms with E-state index in [0.29, 0.717) is 29.2 Å². The summed E-state index contributed by atoms with van der Waals surface area (Å²) >= 11 is 0. The Morgan fingerprint density at radius 3 is 2.03 bits per heavy atom. The second-order valence-electron chi connectivity index (χ2n) is 7.69. The Balaban J connectivity index is 1.70. The van der Waals surface area contributed by atoms with E-state index in [-0.39, 0.29) is 11.9 Å². The summed E-state index contributed by atoms with van der Waals surface area (Å²) in [5.74, 6) is 1.33. The van der Waals surface area contributed by atoms with E-state index in [2.05, 4.69) is 12.1 Å². The third kappa shape index (κ3) is 3.91. The van der Waals surface area contributed by atoms with Gasteiger partial charge in [-0.1, -0.05) is 54.6 Å². The first-order chi connectivity index (χ1) is 15.6. The van der Waals surface area contributed by atoms with Gasteiger partial charge in [0.15, 0.2) is 11.5 Å². The van der Waals surface area contributed by atoms with Crippen LogP contribution in [0.15, 0.2) is 83.9 Å². The first-order valence-corrected chi connectivity index (χ1v) is 10.6. The van der Waals surface area contributed by atoms with Crippen LogP contribution >= 0.6 is 0 Å². The molecule has 1 amide bonds. The van der Waals surface area contributed by atoms with E-state index in [1.807, 2.05) is 66.7 Å². The van der Waals surface area contributed by atoms with Crippen molar-refractivity contribution in [1.82, 2.24) is 4.90 Å². The molecule has 1 aliphatic heterocycles. The van der Waals surface area contributed by atoms with Crippen LogP contribution in [0.3, 0.4) is 0 Å². The van der Waals surface area contributed by atoms with E-state index in [1.165, 1.54) is 5.56 Å². The fourth-order valence-corrected chi connectivity index (χ4v) is 4.12. The van der Waals surface area contributed by atoms with Gasteiger partial charge in [-0.2, -0.15) is 0 Å². The number of methoxy groups -OCH3 is 2. The van der Waals surface area contributed by atoms with Crippen LogP contribution < -0.4 is 15.2 Å². The summed E-state index contributed by atoms with van der Waals surface area (Å²) in [5, 5.41) is 0. The average molecular weight is 430 g/mol. The molecule has 0 aromatic heterocycles. The van der Waals surface area contributed by atoms with Crippen molar-refractivity contribution in [3.8, 4) is 11.5 Å². The fraction of sp³-hybridized carbons (Fsp3) is 0.231. The predicted octanol–water partition coefficient (Wildman–Crippen LogP) is 3.74. The molecule has 0 unspecified atom stereocenters. The zero-order chi connectivity index (χ0) is 22.6. The number of rotatable bonds is 8. The van der Waals surface area contributed by atoms with E-state index in [1.54, 1.807) is 19.1 Å². The minimum Gasteiger partial charge on any atom is -0.497 e. The van der Waals surface area contributed by atoms with Gasteiger partial charge in [-0.05, 0) is 53.8 Å². The minimum absolute atomic E-state index is 0.176. The molecule has 0 fully saturated rings. The normalized spacial score (nSPS) is 14.9. The summed E-state index contributed by atoms with van der Waals surface area (Å²) in [6.45, 7) is 0.485. The molecule has 2 N–H and O–H groups in total. The van der Waals surface area contributed by atoms with Gasteiger partial charge in [0.25, 0.3) is 5.91 Å². The van der Waals surface area contributed by atoms with Gasteiger partial charge < -0.3 is 15.2 Å². The van der Waals surface area contributed by atoms with Crippen LogP contribution in [-0.4, -0.2) is 37.5 Å². The Hall–Kier alpha value is -3.80. The molecule has 3 aromatic carbocycles. The van der Waals surface area contributed by atoms with Crippen LogP contribution in [0.5, 0.6) is 11.5 Å². The molecule has 0 saturated heterocycles. The first-order valence-electron chi connectivity index (χ1n) is 10.6. The number of carbonyl (C=O) groups excluding carboxylic acids is 1. The molecule has 6 nitrogen and oxygen atoms in total. The number of guanidine groups is 1. The maximum absolute atomic E-state index is 13.9. The quantitative estimate of drug-likeness (QED) is 0.592. The van der Waals surface area contributed by atoms with Gasteiger partial charge in [-0.25, -0.2) is 4.99 Å². The van der Waals surface area contributed by atoms with Gasteiger partial charge in [0.05, 0.1) is 14.2 Å². The topological polar surface area (TPSA) is 77.2 Å². The number of nitrogens with two attached hydrogens (primary N) is 1. The molecule has 1 heterocycles. The third-order valence-electron chi connectivity index (χ3n) is 5.78. The number of hydrogen-bond acceptors (Lipinski definition) is 5. The smallest absolute Gasteiger partial charge is 0.266 e. The van der Waals surface area contributed by atoms with Gasteiger partial charge in [0, 0.05) is 6.54 Å². The highest BCUT2D eigenvalue weighted by Gasteiger charge is 2.50. The molecular formula is C26H27N3O3. The van der Waals surface area contributed by atoms with Crippen LogP contribution in [0.1, 0.15) is 23.1 Å². The van der Waals surface area contributed by atoms with Crippen LogP contribution in [0.25, 0.3) is 0 Å². The SMILES string of the molecule is COc1cccc(C2(c3cccc(OC)c3)N=C(N)N(CCCc3ccccc3)C2=O)c1. The monoisotopic (exact) mass is 429 g/mol. The Labute approximate surface area is 188 Å². The molecule has 164 valence electrons. The van der Waals surface area contributed by atoms with Crippen molar-refractivity contribution in [3.63, 3.8) is 0 Å². The number of aliphatic imine (C=N–C) groups is 1. The summed E-state index contributed by atoms with van der Waals surface area (Å²) in [6, 6.07) is 25.0. The van der Waals surface area contributed by atoms with Gasteiger partial charge in [-0.3, -0.25) is 9.69 Å². The Morgan fingerprint density at radius 2 is 1.47 bits per heavy atom. The summed E-state index contributed by atoms with van der Waals surface area (Å²) in [6.07, 6.45) is 1.63. The lowest BCUT2D eigenvalue weighted by Gasteiger charge is -2.27. The van der Waals surface area contributed by atoms with E-state index in [0.717, 1.165) is 12.8 Å². The number of benzene rings is 3. The molecule has 4 rings (SSSR count). The standard InChI is InChI=1S/C26H27N3O3/c1-31-22-14-6-12-20(17-22)26(21-13-7-15-23(18-21)32-2)24(30)29(25(27)28-26)16-8-11-19-9-4-3-5-10-19/h3-7,9-10,12-15,17-18H,8,11,16H2,1-2H3,(H2,27,28). The molecule has 1 aliphatic rings. The second kappa shape index (κ2) is 9.14. The van der Waals surface area contributed by atoms with Gasteiger partial charge >= 0.3 is 0 Å².